The molecule has 0 saturated heterocycles. The average Bonchev–Trinajstić information content (AvgIpc) is 2.85. The molecule has 0 aliphatic rings. The zero-order valence-corrected chi connectivity index (χ0v) is 24.5. The number of likely N-dealkylation sites (N-methyl/N-ethyl adjacent to an activating group) is 1. The molecule has 0 fully saturated rings. The maximum Gasteiger partial charge on any atom is 0.408 e. The summed E-state index contributed by atoms with van der Waals surface area (Å²) in [7, 11) is 1.58. The molecule has 2 aromatic rings. The summed E-state index contributed by atoms with van der Waals surface area (Å²) in [6.45, 7) is 11.3. The first-order chi connectivity index (χ1) is 17.9. The van der Waals surface area contributed by atoms with Crippen molar-refractivity contribution >= 4 is 35.4 Å². The molecule has 208 valence electrons. The summed E-state index contributed by atoms with van der Waals surface area (Å²) in [6.07, 6.45) is 1.67. The van der Waals surface area contributed by atoms with Gasteiger partial charge in [-0.15, -0.1) is 0 Å². The van der Waals surface area contributed by atoms with Gasteiger partial charge in [0.15, 0.2) is 0 Å². The summed E-state index contributed by atoms with van der Waals surface area (Å²) in [5.74, 6) is 0.628. The highest BCUT2D eigenvalue weighted by Gasteiger charge is 2.36. The van der Waals surface area contributed by atoms with E-state index in [-0.39, 0.29) is 18.4 Å². The molecule has 2 aromatic carbocycles. The van der Waals surface area contributed by atoms with Crippen molar-refractivity contribution in [2.45, 2.75) is 65.6 Å². The van der Waals surface area contributed by atoms with Gasteiger partial charge >= 0.3 is 6.09 Å². The van der Waals surface area contributed by atoms with Crippen LogP contribution in [-0.2, 0) is 14.3 Å². The van der Waals surface area contributed by atoms with E-state index < -0.39 is 23.8 Å². The zero-order valence-electron chi connectivity index (χ0n) is 23.7. The number of ether oxygens (including phenoxy) is 2. The van der Waals surface area contributed by atoms with Crippen LogP contribution in [-0.4, -0.2) is 60.1 Å². The second kappa shape index (κ2) is 14.1. The molecule has 0 heterocycles. The molecule has 0 aromatic heterocycles. The molecule has 2 atom stereocenters. The Morgan fingerprint density at radius 2 is 1.71 bits per heavy atom. The third-order valence-corrected chi connectivity index (χ3v) is 6.51. The van der Waals surface area contributed by atoms with Crippen molar-refractivity contribution in [3.8, 4) is 5.75 Å². The normalized spacial score (nSPS) is 12.7. The Balaban J connectivity index is 2.47. The second-order valence-corrected chi connectivity index (χ2v) is 11.1. The van der Waals surface area contributed by atoms with Gasteiger partial charge in [-0.25, -0.2) is 4.79 Å². The van der Waals surface area contributed by atoms with Crippen molar-refractivity contribution < 1.29 is 23.9 Å². The fraction of sp³-hybridized carbons (Fsp3) is 0.483. The number of amides is 3. The number of thioether (sulfide) groups is 1. The summed E-state index contributed by atoms with van der Waals surface area (Å²) in [4.78, 5) is 42.0. The van der Waals surface area contributed by atoms with E-state index in [1.54, 1.807) is 63.9 Å². The Morgan fingerprint density at radius 1 is 1.05 bits per heavy atom. The minimum atomic E-state index is -0.910. The number of hydrogen-bond donors (Lipinski definition) is 2. The van der Waals surface area contributed by atoms with Gasteiger partial charge in [0, 0.05) is 12.2 Å². The van der Waals surface area contributed by atoms with Crippen LogP contribution in [0.4, 0.5) is 10.5 Å². The van der Waals surface area contributed by atoms with Crippen LogP contribution in [0.25, 0.3) is 0 Å². The lowest BCUT2D eigenvalue weighted by molar-refractivity contribution is -0.140. The number of carbonyl (C=O) groups excluding carboxylic acids is 3. The number of rotatable bonds is 11. The van der Waals surface area contributed by atoms with Crippen LogP contribution < -0.4 is 15.4 Å². The lowest BCUT2D eigenvalue weighted by atomic mass is 9.96. The molecule has 2 rings (SSSR count). The molecule has 9 heteroatoms. The molecule has 0 aliphatic carbocycles. The molecule has 38 heavy (non-hydrogen) atoms. The molecule has 0 spiro atoms. The highest BCUT2D eigenvalue weighted by Crippen LogP contribution is 2.28. The lowest BCUT2D eigenvalue weighted by Gasteiger charge is -2.34. The van der Waals surface area contributed by atoms with Gasteiger partial charge in [-0.2, -0.15) is 11.8 Å². The van der Waals surface area contributed by atoms with Gasteiger partial charge in [-0.1, -0.05) is 23.8 Å². The lowest BCUT2D eigenvalue weighted by Crippen LogP contribution is -2.52. The van der Waals surface area contributed by atoms with E-state index in [9.17, 15) is 14.4 Å². The van der Waals surface area contributed by atoms with E-state index >= 15 is 0 Å². The minimum absolute atomic E-state index is 0.263. The van der Waals surface area contributed by atoms with Crippen molar-refractivity contribution in [3.05, 3.63) is 59.2 Å². The smallest absolute Gasteiger partial charge is 0.408 e. The molecule has 3 amide bonds. The highest BCUT2D eigenvalue weighted by atomic mass is 32.2. The van der Waals surface area contributed by atoms with Crippen molar-refractivity contribution in [2.24, 2.45) is 0 Å². The van der Waals surface area contributed by atoms with Gasteiger partial charge in [-0.05, 0) is 95.4 Å². The van der Waals surface area contributed by atoms with E-state index in [4.69, 9.17) is 9.47 Å². The van der Waals surface area contributed by atoms with Crippen molar-refractivity contribution in [3.63, 3.8) is 0 Å². The number of alkyl carbamates (subject to hydrolysis) is 1. The number of anilines is 1. The van der Waals surface area contributed by atoms with E-state index in [1.165, 1.54) is 4.90 Å². The van der Waals surface area contributed by atoms with Crippen LogP contribution in [0.2, 0.25) is 0 Å². The fourth-order valence-corrected chi connectivity index (χ4v) is 4.47. The summed E-state index contributed by atoms with van der Waals surface area (Å²) in [5.41, 5.74) is 2.47. The summed E-state index contributed by atoms with van der Waals surface area (Å²) in [5, 5.41) is 5.70. The van der Waals surface area contributed by atoms with Crippen LogP contribution in [0.15, 0.2) is 42.5 Å². The Labute approximate surface area is 230 Å². The molecule has 0 radical (unpaired) electrons. The zero-order chi connectivity index (χ0) is 28.5. The molecule has 8 nitrogen and oxygen atoms in total. The fourth-order valence-electron chi connectivity index (χ4n) is 4.00. The van der Waals surface area contributed by atoms with Crippen molar-refractivity contribution in [2.75, 3.05) is 31.0 Å². The number of benzene rings is 2. The van der Waals surface area contributed by atoms with Crippen LogP contribution in [0, 0.1) is 13.8 Å². The molecule has 2 N–H and O–H groups in total. The minimum Gasteiger partial charge on any atom is -0.497 e. The monoisotopic (exact) mass is 543 g/mol. The van der Waals surface area contributed by atoms with Crippen LogP contribution >= 0.6 is 11.8 Å². The van der Waals surface area contributed by atoms with Crippen LogP contribution in [0.5, 0.6) is 5.75 Å². The number of aryl methyl sites for hydroxylation is 2. The topological polar surface area (TPSA) is 97.0 Å². The van der Waals surface area contributed by atoms with Gasteiger partial charge in [0.05, 0.1) is 7.11 Å². The molecule has 2 unspecified atom stereocenters. The maximum atomic E-state index is 14.0. The van der Waals surface area contributed by atoms with Gasteiger partial charge in [0.1, 0.15) is 23.4 Å². The first-order valence-electron chi connectivity index (χ1n) is 12.7. The van der Waals surface area contributed by atoms with Crippen LogP contribution in [0.3, 0.4) is 0 Å². The first kappa shape index (κ1) is 31.0. The molecular weight excluding hydrogens is 502 g/mol. The number of carbonyl (C=O) groups is 3. The number of nitrogens with zero attached hydrogens (tertiary/aromatic N) is 1. The largest absolute Gasteiger partial charge is 0.497 e. The predicted octanol–water partition coefficient (Wildman–Crippen LogP) is 5.49. The van der Waals surface area contributed by atoms with E-state index in [2.05, 4.69) is 10.6 Å². The third-order valence-electron chi connectivity index (χ3n) is 5.87. The summed E-state index contributed by atoms with van der Waals surface area (Å²) < 4.78 is 10.6. The Bertz CT molecular complexity index is 1100. The van der Waals surface area contributed by atoms with E-state index in [0.717, 1.165) is 16.7 Å². The SMILES string of the molecule is CCN(C(=O)C(CCSC)NC(=O)OC(C)(C)C)C(C(=O)Nc1ccc(OC)cc1)c1cc(C)ccc1C. The Hall–Kier alpha value is -3.20. The Morgan fingerprint density at radius 3 is 2.26 bits per heavy atom. The molecule has 0 bridgehead atoms. The van der Waals surface area contributed by atoms with Crippen molar-refractivity contribution in [1.29, 1.82) is 0 Å². The summed E-state index contributed by atoms with van der Waals surface area (Å²) in [6, 6.07) is 11.1. The average molecular weight is 544 g/mol. The molecular formula is C29H41N3O5S. The second-order valence-electron chi connectivity index (χ2n) is 10.1. The highest BCUT2D eigenvalue weighted by molar-refractivity contribution is 7.98. The van der Waals surface area contributed by atoms with Crippen molar-refractivity contribution in [1.82, 2.24) is 10.2 Å². The number of methoxy groups -OCH3 is 1. The molecule has 0 saturated carbocycles. The maximum absolute atomic E-state index is 14.0. The summed E-state index contributed by atoms with van der Waals surface area (Å²) >= 11 is 1.57. The van der Waals surface area contributed by atoms with E-state index in [0.29, 0.717) is 23.6 Å². The van der Waals surface area contributed by atoms with E-state index in [1.807, 2.05) is 45.2 Å². The van der Waals surface area contributed by atoms with Gasteiger partial charge in [0.25, 0.3) is 5.91 Å². The first-order valence-corrected chi connectivity index (χ1v) is 14.1. The number of nitrogens with one attached hydrogen (secondary N) is 2. The standard InChI is InChI=1S/C29H41N3O5S/c1-9-32(27(34)24(16-17-38-8)31-28(35)37-29(4,5)6)25(23-18-19(2)10-11-20(23)3)26(33)30-21-12-14-22(36-7)15-13-21/h10-15,18,24-25H,9,16-17H2,1-8H3,(H,30,33)(H,31,35). The number of hydrogen-bond acceptors (Lipinski definition) is 6. The predicted molar refractivity (Wildman–Crippen MR) is 154 cm³/mol. The Kier molecular flexibility index (Phi) is 11.5. The van der Waals surface area contributed by atoms with Gasteiger partial charge in [-0.3, -0.25) is 9.59 Å². The quantitative estimate of drug-likeness (QED) is 0.389. The van der Waals surface area contributed by atoms with Gasteiger partial charge in [0.2, 0.25) is 5.91 Å². The third kappa shape index (κ3) is 8.97. The van der Waals surface area contributed by atoms with Gasteiger partial charge < -0.3 is 25.0 Å². The van der Waals surface area contributed by atoms with Crippen LogP contribution in [0.1, 0.15) is 56.8 Å². The molecule has 0 aliphatic heterocycles.